The molecule has 0 heterocycles. The van der Waals surface area contributed by atoms with Crippen molar-refractivity contribution in [1.82, 2.24) is 5.32 Å². The molecule has 0 saturated carbocycles. The summed E-state index contributed by atoms with van der Waals surface area (Å²) in [7, 11) is 0. The standard InChI is InChI=1S/C71H137NO5/c1-3-5-7-9-11-13-15-17-19-36-39-43-47-51-55-59-63-69(74)68(67-73)72-70(75)64-60-56-52-48-44-40-37-33-31-29-27-25-23-21-20-22-24-26-28-30-32-34-38-42-46-50-54-58-62-66-77-71(76)65-61-57-53-49-45-41-35-18-16-14-12-10-8-6-4-2/h20,22,59,63,68-69,73-74H,3-19,21,23-58,60-62,64-67H2,1-2H3,(H,72,75)/b22-20-,63-59+. The fraction of sp³-hybridized carbons (Fsp3) is 0.915. The van der Waals surface area contributed by atoms with Crippen LogP contribution in [-0.2, 0) is 14.3 Å². The van der Waals surface area contributed by atoms with Gasteiger partial charge in [-0.05, 0) is 57.8 Å². The zero-order chi connectivity index (χ0) is 55.7. The van der Waals surface area contributed by atoms with Gasteiger partial charge < -0.3 is 20.3 Å². The molecule has 0 radical (unpaired) electrons. The van der Waals surface area contributed by atoms with Gasteiger partial charge in [0.1, 0.15) is 0 Å². The summed E-state index contributed by atoms with van der Waals surface area (Å²) in [6.45, 7) is 4.94. The molecule has 0 aliphatic rings. The minimum atomic E-state index is -0.844. The summed E-state index contributed by atoms with van der Waals surface area (Å²) < 4.78 is 5.50. The van der Waals surface area contributed by atoms with E-state index in [0.717, 1.165) is 38.5 Å². The molecule has 0 saturated heterocycles. The van der Waals surface area contributed by atoms with Crippen LogP contribution in [0.15, 0.2) is 24.3 Å². The van der Waals surface area contributed by atoms with Crippen LogP contribution in [0.1, 0.15) is 393 Å². The van der Waals surface area contributed by atoms with Crippen LogP contribution in [0.5, 0.6) is 0 Å². The number of hydrogen-bond acceptors (Lipinski definition) is 5. The number of carbonyl (C=O) groups is 2. The highest BCUT2D eigenvalue weighted by Crippen LogP contribution is 2.18. The molecule has 3 N–H and O–H groups in total. The van der Waals surface area contributed by atoms with E-state index in [1.165, 1.54) is 327 Å². The van der Waals surface area contributed by atoms with Gasteiger partial charge >= 0.3 is 5.97 Å². The lowest BCUT2D eigenvalue weighted by Crippen LogP contribution is -2.45. The first-order chi connectivity index (χ1) is 38.0. The molecule has 0 spiro atoms. The average molecular weight is 1080 g/mol. The van der Waals surface area contributed by atoms with E-state index in [0.29, 0.717) is 19.4 Å². The molecular weight excluding hydrogens is 947 g/mol. The summed E-state index contributed by atoms with van der Waals surface area (Å²) >= 11 is 0. The maximum absolute atomic E-state index is 12.5. The zero-order valence-corrected chi connectivity index (χ0v) is 52.2. The number of aliphatic hydroxyl groups excluding tert-OH is 2. The maximum Gasteiger partial charge on any atom is 0.305 e. The van der Waals surface area contributed by atoms with Crippen molar-refractivity contribution in [1.29, 1.82) is 0 Å². The van der Waals surface area contributed by atoms with Gasteiger partial charge in [-0.15, -0.1) is 0 Å². The number of rotatable bonds is 66. The Kier molecular flexibility index (Phi) is 65.4. The van der Waals surface area contributed by atoms with E-state index >= 15 is 0 Å². The number of allylic oxidation sites excluding steroid dienone is 3. The fourth-order valence-corrected chi connectivity index (χ4v) is 11.1. The maximum atomic E-state index is 12.5. The molecule has 2 atom stereocenters. The molecule has 6 heteroatoms. The Labute approximate surface area is 481 Å². The molecule has 2 unspecified atom stereocenters. The second-order valence-electron chi connectivity index (χ2n) is 24.2. The van der Waals surface area contributed by atoms with Crippen LogP contribution in [0.25, 0.3) is 0 Å². The van der Waals surface area contributed by atoms with E-state index in [4.69, 9.17) is 4.74 Å². The Balaban J connectivity index is 3.37. The number of carbonyl (C=O) groups excluding carboxylic acids is 2. The van der Waals surface area contributed by atoms with Gasteiger partial charge in [-0.25, -0.2) is 0 Å². The molecule has 0 rings (SSSR count). The van der Waals surface area contributed by atoms with Crippen LogP contribution >= 0.6 is 0 Å². The molecule has 0 aliphatic carbocycles. The van der Waals surface area contributed by atoms with E-state index in [9.17, 15) is 19.8 Å². The zero-order valence-electron chi connectivity index (χ0n) is 52.2. The summed E-state index contributed by atoms with van der Waals surface area (Å²) in [5, 5.41) is 23.2. The van der Waals surface area contributed by atoms with E-state index in [1.807, 2.05) is 6.08 Å². The molecule has 0 aliphatic heterocycles. The first kappa shape index (κ1) is 75.3. The van der Waals surface area contributed by atoms with Crippen molar-refractivity contribution in [3.63, 3.8) is 0 Å². The van der Waals surface area contributed by atoms with E-state index in [-0.39, 0.29) is 18.5 Å². The van der Waals surface area contributed by atoms with Crippen LogP contribution in [-0.4, -0.2) is 47.4 Å². The van der Waals surface area contributed by atoms with Crippen molar-refractivity contribution in [3.8, 4) is 0 Å². The van der Waals surface area contributed by atoms with Crippen LogP contribution in [0.4, 0.5) is 0 Å². The summed E-state index contributed by atoms with van der Waals surface area (Å²) in [6, 6.07) is -0.627. The molecule has 456 valence electrons. The largest absolute Gasteiger partial charge is 0.466 e. The number of nitrogens with one attached hydrogen (secondary N) is 1. The van der Waals surface area contributed by atoms with Crippen LogP contribution in [0.3, 0.4) is 0 Å². The second kappa shape index (κ2) is 66.8. The van der Waals surface area contributed by atoms with Gasteiger partial charge in [-0.2, -0.15) is 0 Å². The minimum Gasteiger partial charge on any atom is -0.466 e. The highest BCUT2D eigenvalue weighted by atomic mass is 16.5. The summed E-state index contributed by atoms with van der Waals surface area (Å²) in [6.07, 6.45) is 84.0. The monoisotopic (exact) mass is 1080 g/mol. The van der Waals surface area contributed by atoms with Gasteiger partial charge in [0.15, 0.2) is 0 Å². The summed E-state index contributed by atoms with van der Waals surface area (Å²) in [4.78, 5) is 24.6. The highest BCUT2D eigenvalue weighted by Gasteiger charge is 2.18. The molecule has 0 aromatic carbocycles. The van der Waals surface area contributed by atoms with E-state index < -0.39 is 12.1 Å². The lowest BCUT2D eigenvalue weighted by molar-refractivity contribution is -0.143. The topological polar surface area (TPSA) is 95.9 Å². The first-order valence-corrected chi connectivity index (χ1v) is 35.1. The molecule has 0 bridgehead atoms. The quantitative estimate of drug-likeness (QED) is 0.0320. The Morgan fingerprint density at radius 1 is 0.351 bits per heavy atom. The van der Waals surface area contributed by atoms with Crippen LogP contribution in [0, 0.1) is 0 Å². The van der Waals surface area contributed by atoms with E-state index in [2.05, 4.69) is 31.3 Å². The molecule has 6 nitrogen and oxygen atoms in total. The Morgan fingerprint density at radius 3 is 0.922 bits per heavy atom. The average Bonchev–Trinajstić information content (AvgIpc) is 3.43. The van der Waals surface area contributed by atoms with Crippen LogP contribution in [0.2, 0.25) is 0 Å². The smallest absolute Gasteiger partial charge is 0.305 e. The molecule has 0 aromatic rings. The number of amides is 1. The SMILES string of the molecule is CCCCCCCCCCCCCCCC/C=C/C(O)C(CO)NC(=O)CCCCCCCCCCCCCCC/C=C\CCCCCCCCCCCCCCOC(=O)CCCCCCCCCCCCCCCCC. The van der Waals surface area contributed by atoms with E-state index in [1.54, 1.807) is 6.08 Å². The summed E-state index contributed by atoms with van der Waals surface area (Å²) in [5.41, 5.74) is 0. The molecule has 1 amide bonds. The van der Waals surface area contributed by atoms with Crippen molar-refractivity contribution in [2.24, 2.45) is 0 Å². The Hall–Kier alpha value is -1.66. The Bertz CT molecular complexity index is 1200. The fourth-order valence-electron chi connectivity index (χ4n) is 11.1. The number of unbranched alkanes of at least 4 members (excludes halogenated alkanes) is 53. The van der Waals surface area contributed by atoms with Gasteiger partial charge in [0.05, 0.1) is 25.4 Å². The third-order valence-corrected chi connectivity index (χ3v) is 16.5. The third-order valence-electron chi connectivity index (χ3n) is 16.5. The van der Waals surface area contributed by atoms with Gasteiger partial charge in [-0.3, -0.25) is 9.59 Å². The first-order valence-electron chi connectivity index (χ1n) is 35.1. The predicted octanol–water partition coefficient (Wildman–Crippen LogP) is 22.5. The Morgan fingerprint density at radius 2 is 0.610 bits per heavy atom. The second-order valence-corrected chi connectivity index (χ2v) is 24.2. The molecular formula is C71H137NO5. The van der Waals surface area contributed by atoms with Gasteiger partial charge in [-0.1, -0.05) is 346 Å². The van der Waals surface area contributed by atoms with Gasteiger partial charge in [0, 0.05) is 12.8 Å². The third kappa shape index (κ3) is 63.4. The molecule has 77 heavy (non-hydrogen) atoms. The van der Waals surface area contributed by atoms with Crippen molar-refractivity contribution >= 4 is 11.9 Å². The van der Waals surface area contributed by atoms with Crippen molar-refractivity contribution in [3.05, 3.63) is 24.3 Å². The van der Waals surface area contributed by atoms with Crippen LogP contribution < -0.4 is 5.32 Å². The van der Waals surface area contributed by atoms with Gasteiger partial charge in [0.25, 0.3) is 0 Å². The predicted molar refractivity (Wildman–Crippen MR) is 338 cm³/mol. The lowest BCUT2D eigenvalue weighted by Gasteiger charge is -2.20. The number of esters is 1. The van der Waals surface area contributed by atoms with Crippen molar-refractivity contribution in [2.75, 3.05) is 13.2 Å². The van der Waals surface area contributed by atoms with Crippen molar-refractivity contribution in [2.45, 2.75) is 405 Å². The van der Waals surface area contributed by atoms with Crippen molar-refractivity contribution < 1.29 is 24.5 Å². The highest BCUT2D eigenvalue weighted by molar-refractivity contribution is 5.76. The molecule has 0 fully saturated rings. The van der Waals surface area contributed by atoms with Gasteiger partial charge in [0.2, 0.25) is 5.91 Å². The summed E-state index contributed by atoms with van der Waals surface area (Å²) in [5.74, 6) is -0.0447. The number of aliphatic hydroxyl groups is 2. The molecule has 0 aromatic heterocycles. The lowest BCUT2D eigenvalue weighted by atomic mass is 10.0. The normalized spacial score (nSPS) is 12.6. The minimum absolute atomic E-state index is 0.0197. The number of hydrogen-bond donors (Lipinski definition) is 3. The number of ether oxygens (including phenoxy) is 1.